The molecule has 0 aliphatic heterocycles. The van der Waals surface area contributed by atoms with Gasteiger partial charge in [-0.2, -0.15) is 0 Å². The largest absolute Gasteiger partial charge is 0.491 e. The number of carbonyl (C=O) groups excluding carboxylic acids is 1. The van der Waals surface area contributed by atoms with Gasteiger partial charge in [0.25, 0.3) is 5.91 Å². The molecule has 144 valence electrons. The summed E-state index contributed by atoms with van der Waals surface area (Å²) >= 11 is 0. The number of amides is 1. The Kier molecular flexibility index (Phi) is 6.27. The number of aromatic nitrogens is 1. The second kappa shape index (κ2) is 9.04. The number of hydrogen-bond acceptors (Lipinski definition) is 4. The fraction of sp³-hybridized carbons (Fsp3) is 0.217. The lowest BCUT2D eigenvalue weighted by molar-refractivity contribution is 0.102. The number of aryl methyl sites for hydroxylation is 1. The van der Waals surface area contributed by atoms with Crippen LogP contribution in [-0.4, -0.2) is 17.0 Å². The van der Waals surface area contributed by atoms with Crippen LogP contribution in [0.4, 0.5) is 17.1 Å². The molecule has 3 aromatic rings. The smallest absolute Gasteiger partial charge is 0.257 e. The highest BCUT2D eigenvalue weighted by atomic mass is 16.5. The molecule has 1 aromatic heterocycles. The number of hydrogen-bond donors (Lipinski definition) is 2. The summed E-state index contributed by atoms with van der Waals surface area (Å²) in [5.74, 6) is 0.560. The molecule has 0 unspecified atom stereocenters. The summed E-state index contributed by atoms with van der Waals surface area (Å²) in [4.78, 5) is 16.7. The van der Waals surface area contributed by atoms with E-state index in [9.17, 15) is 4.79 Å². The van der Waals surface area contributed by atoms with Gasteiger partial charge in [0.1, 0.15) is 5.75 Å². The van der Waals surface area contributed by atoms with Crippen LogP contribution in [0.3, 0.4) is 0 Å². The summed E-state index contributed by atoms with van der Waals surface area (Å²) < 4.78 is 5.61. The maximum Gasteiger partial charge on any atom is 0.257 e. The first kappa shape index (κ1) is 19.4. The first-order valence-electron chi connectivity index (χ1n) is 9.42. The highest BCUT2D eigenvalue weighted by Gasteiger charge is 2.08. The monoisotopic (exact) mass is 375 g/mol. The van der Waals surface area contributed by atoms with E-state index in [4.69, 9.17) is 4.74 Å². The molecule has 2 N–H and O–H groups in total. The van der Waals surface area contributed by atoms with E-state index in [1.165, 1.54) is 5.56 Å². The third-order valence-electron chi connectivity index (χ3n) is 4.14. The molecule has 0 fully saturated rings. The van der Waals surface area contributed by atoms with Crippen molar-refractivity contribution in [1.29, 1.82) is 0 Å². The Hall–Kier alpha value is -3.34. The third kappa shape index (κ3) is 5.33. The van der Waals surface area contributed by atoms with Gasteiger partial charge >= 0.3 is 0 Å². The third-order valence-corrected chi connectivity index (χ3v) is 4.14. The standard InChI is InChI=1S/C23H25N3O2/c1-4-17-5-7-19(8-6-17)25-21-13-18(14-24-15-21)23(27)26-20-9-11-22(12-10-20)28-16(2)3/h5-16,25H,4H2,1-3H3,(H,26,27). The minimum atomic E-state index is -0.213. The molecule has 0 saturated heterocycles. The van der Waals surface area contributed by atoms with Crippen LogP contribution in [0.1, 0.15) is 36.7 Å². The van der Waals surface area contributed by atoms with Gasteiger partial charge in [-0.15, -0.1) is 0 Å². The van der Waals surface area contributed by atoms with Crippen LogP contribution in [0.25, 0.3) is 0 Å². The first-order chi connectivity index (χ1) is 13.5. The van der Waals surface area contributed by atoms with Crippen LogP contribution in [-0.2, 0) is 6.42 Å². The van der Waals surface area contributed by atoms with Crippen molar-refractivity contribution in [3.8, 4) is 5.75 Å². The molecule has 1 amide bonds. The van der Waals surface area contributed by atoms with Gasteiger partial charge in [0.15, 0.2) is 0 Å². The molecule has 0 aliphatic carbocycles. The van der Waals surface area contributed by atoms with E-state index in [1.54, 1.807) is 18.5 Å². The highest BCUT2D eigenvalue weighted by Crippen LogP contribution is 2.20. The molecular formula is C23H25N3O2. The highest BCUT2D eigenvalue weighted by molar-refractivity contribution is 6.04. The van der Waals surface area contributed by atoms with Gasteiger partial charge in [0.05, 0.1) is 23.6 Å². The van der Waals surface area contributed by atoms with Gasteiger partial charge in [-0.1, -0.05) is 19.1 Å². The Bertz CT molecular complexity index is 919. The van der Waals surface area contributed by atoms with Crippen molar-refractivity contribution < 1.29 is 9.53 Å². The minimum Gasteiger partial charge on any atom is -0.491 e. The van der Waals surface area contributed by atoms with Crippen LogP contribution in [0.2, 0.25) is 0 Å². The van der Waals surface area contributed by atoms with E-state index in [-0.39, 0.29) is 12.0 Å². The van der Waals surface area contributed by atoms with Gasteiger partial charge in [-0.05, 0) is 68.3 Å². The lowest BCUT2D eigenvalue weighted by Gasteiger charge is -2.11. The average molecular weight is 375 g/mol. The Morgan fingerprint density at radius 1 is 0.964 bits per heavy atom. The van der Waals surface area contributed by atoms with Crippen LogP contribution < -0.4 is 15.4 Å². The van der Waals surface area contributed by atoms with Gasteiger partial charge in [0.2, 0.25) is 0 Å². The number of nitrogens with zero attached hydrogens (tertiary/aromatic N) is 1. The average Bonchev–Trinajstić information content (AvgIpc) is 2.70. The number of benzene rings is 2. The summed E-state index contributed by atoms with van der Waals surface area (Å²) in [5.41, 5.74) is 4.18. The molecule has 0 radical (unpaired) electrons. The lowest BCUT2D eigenvalue weighted by Crippen LogP contribution is -2.12. The molecule has 2 aromatic carbocycles. The topological polar surface area (TPSA) is 63.2 Å². The molecule has 0 aliphatic rings. The predicted molar refractivity (Wildman–Crippen MR) is 113 cm³/mol. The van der Waals surface area contributed by atoms with Gasteiger partial charge in [-0.25, -0.2) is 0 Å². The van der Waals surface area contributed by atoms with E-state index < -0.39 is 0 Å². The van der Waals surface area contributed by atoms with Crippen molar-refractivity contribution in [1.82, 2.24) is 4.98 Å². The summed E-state index contributed by atoms with van der Waals surface area (Å²) in [6.45, 7) is 6.07. The molecule has 5 heteroatoms. The van der Waals surface area contributed by atoms with E-state index in [1.807, 2.05) is 50.2 Å². The van der Waals surface area contributed by atoms with Crippen molar-refractivity contribution in [2.45, 2.75) is 33.3 Å². The second-order valence-corrected chi connectivity index (χ2v) is 6.78. The van der Waals surface area contributed by atoms with Gasteiger partial charge < -0.3 is 15.4 Å². The fourth-order valence-corrected chi connectivity index (χ4v) is 2.72. The maximum atomic E-state index is 12.6. The van der Waals surface area contributed by atoms with Crippen LogP contribution >= 0.6 is 0 Å². The Labute approximate surface area is 165 Å². The molecule has 3 rings (SSSR count). The zero-order chi connectivity index (χ0) is 19.9. The van der Waals surface area contributed by atoms with Crippen molar-refractivity contribution in [3.05, 3.63) is 78.1 Å². The molecular weight excluding hydrogens is 350 g/mol. The van der Waals surface area contributed by atoms with E-state index >= 15 is 0 Å². The molecule has 0 saturated carbocycles. The molecule has 0 atom stereocenters. The zero-order valence-corrected chi connectivity index (χ0v) is 16.4. The van der Waals surface area contributed by atoms with Crippen molar-refractivity contribution in [2.75, 3.05) is 10.6 Å². The SMILES string of the molecule is CCc1ccc(Nc2cncc(C(=O)Nc3ccc(OC(C)C)cc3)c2)cc1. The summed E-state index contributed by atoms with van der Waals surface area (Å²) in [6.07, 6.45) is 4.36. The minimum absolute atomic E-state index is 0.111. The van der Waals surface area contributed by atoms with Crippen molar-refractivity contribution in [2.24, 2.45) is 0 Å². The summed E-state index contributed by atoms with van der Waals surface area (Å²) in [5, 5.41) is 6.16. The number of pyridine rings is 1. The Morgan fingerprint density at radius 3 is 2.29 bits per heavy atom. The molecule has 28 heavy (non-hydrogen) atoms. The quantitative estimate of drug-likeness (QED) is 0.578. The molecule has 0 bridgehead atoms. The number of carbonyl (C=O) groups is 1. The van der Waals surface area contributed by atoms with Crippen molar-refractivity contribution in [3.63, 3.8) is 0 Å². The number of ether oxygens (including phenoxy) is 1. The maximum absolute atomic E-state index is 12.6. The Balaban J connectivity index is 1.66. The van der Waals surface area contributed by atoms with Crippen LogP contribution in [0.5, 0.6) is 5.75 Å². The van der Waals surface area contributed by atoms with E-state index in [2.05, 4.69) is 34.7 Å². The number of anilines is 3. The summed E-state index contributed by atoms with van der Waals surface area (Å²) in [7, 11) is 0. The normalized spacial score (nSPS) is 10.6. The zero-order valence-electron chi connectivity index (χ0n) is 16.4. The summed E-state index contributed by atoms with van der Waals surface area (Å²) in [6, 6.07) is 17.3. The first-order valence-corrected chi connectivity index (χ1v) is 9.42. The van der Waals surface area contributed by atoms with E-state index in [0.717, 1.165) is 23.5 Å². The molecule has 1 heterocycles. The van der Waals surface area contributed by atoms with Gasteiger partial charge in [0, 0.05) is 17.6 Å². The van der Waals surface area contributed by atoms with E-state index in [0.29, 0.717) is 11.3 Å². The van der Waals surface area contributed by atoms with Gasteiger partial charge in [-0.3, -0.25) is 9.78 Å². The predicted octanol–water partition coefficient (Wildman–Crippen LogP) is 5.43. The molecule has 5 nitrogen and oxygen atoms in total. The fourth-order valence-electron chi connectivity index (χ4n) is 2.72. The Morgan fingerprint density at radius 2 is 1.64 bits per heavy atom. The molecule has 0 spiro atoms. The van der Waals surface area contributed by atoms with Crippen LogP contribution in [0.15, 0.2) is 67.0 Å². The van der Waals surface area contributed by atoms with Crippen molar-refractivity contribution >= 4 is 23.0 Å². The second-order valence-electron chi connectivity index (χ2n) is 6.78. The lowest BCUT2D eigenvalue weighted by atomic mass is 10.1. The number of nitrogens with one attached hydrogen (secondary N) is 2. The van der Waals surface area contributed by atoms with Crippen LogP contribution in [0, 0.1) is 0 Å². The number of rotatable bonds is 7.